The van der Waals surface area contributed by atoms with E-state index in [1.165, 1.54) is 0 Å². The van der Waals surface area contributed by atoms with Gasteiger partial charge in [0.25, 0.3) is 0 Å². The molecule has 1 N–H and O–H groups in total. The summed E-state index contributed by atoms with van der Waals surface area (Å²) in [6.07, 6.45) is 2.23. The van der Waals surface area contributed by atoms with Crippen LogP contribution in [0.5, 0.6) is 11.6 Å². The molecule has 1 atom stereocenters. The molecule has 1 aliphatic rings. The van der Waals surface area contributed by atoms with Gasteiger partial charge in [-0.1, -0.05) is 6.07 Å². The van der Waals surface area contributed by atoms with E-state index in [0.717, 1.165) is 22.5 Å². The summed E-state index contributed by atoms with van der Waals surface area (Å²) in [7, 11) is 1.58. The number of hydrogen-bond acceptors (Lipinski definition) is 6. The van der Waals surface area contributed by atoms with Crippen molar-refractivity contribution in [1.82, 2.24) is 4.98 Å². The number of fused-ring (bicyclic) bond motifs is 1. The van der Waals surface area contributed by atoms with Crippen LogP contribution in [0.25, 0.3) is 0 Å². The first kappa shape index (κ1) is 19.4. The van der Waals surface area contributed by atoms with Gasteiger partial charge < -0.3 is 14.8 Å². The van der Waals surface area contributed by atoms with E-state index in [0.29, 0.717) is 35.8 Å². The predicted octanol–water partition coefficient (Wildman–Crippen LogP) is 3.98. The molecule has 6 heteroatoms. The number of nitrogens with one attached hydrogen (secondary N) is 1. The molecule has 28 heavy (non-hydrogen) atoms. The van der Waals surface area contributed by atoms with E-state index in [1.54, 1.807) is 32.4 Å². The number of pyridine rings is 1. The zero-order chi connectivity index (χ0) is 20.3. The normalized spacial score (nSPS) is 15.3. The van der Waals surface area contributed by atoms with E-state index < -0.39 is 0 Å². The monoisotopic (exact) mass is 377 g/mol. The number of ether oxygens (including phenoxy) is 2. The second-order valence-electron chi connectivity index (χ2n) is 6.63. The maximum atomic E-state index is 12.5. The highest BCUT2D eigenvalue weighted by molar-refractivity contribution is 5.97. The molecule has 1 aliphatic heterocycles. The molecule has 0 amide bonds. The molecule has 0 aliphatic carbocycles. The van der Waals surface area contributed by atoms with Gasteiger partial charge in [-0.3, -0.25) is 4.79 Å². The fraction of sp³-hybridized carbons (Fsp3) is 0.318. The van der Waals surface area contributed by atoms with Crippen molar-refractivity contribution < 1.29 is 14.3 Å². The van der Waals surface area contributed by atoms with Crippen molar-refractivity contribution in [2.24, 2.45) is 0 Å². The van der Waals surface area contributed by atoms with Gasteiger partial charge in [-0.05, 0) is 51.0 Å². The minimum atomic E-state index is -0.231. The Morgan fingerprint density at radius 3 is 2.79 bits per heavy atom. The first-order valence-corrected chi connectivity index (χ1v) is 9.17. The zero-order valence-corrected chi connectivity index (χ0v) is 16.5. The highest BCUT2D eigenvalue weighted by Crippen LogP contribution is 2.44. The molecule has 144 valence electrons. The molecule has 1 aromatic carbocycles. The summed E-state index contributed by atoms with van der Waals surface area (Å²) in [6.45, 7) is 5.87. The highest BCUT2D eigenvalue weighted by Gasteiger charge is 2.33. The third-order valence-corrected chi connectivity index (χ3v) is 4.88. The molecule has 0 bridgehead atoms. The van der Waals surface area contributed by atoms with Gasteiger partial charge >= 0.3 is 0 Å². The molecule has 2 heterocycles. The lowest BCUT2D eigenvalue weighted by Gasteiger charge is -2.31. The molecule has 6 nitrogen and oxygen atoms in total. The van der Waals surface area contributed by atoms with E-state index in [1.807, 2.05) is 26.0 Å². The van der Waals surface area contributed by atoms with E-state index in [4.69, 9.17) is 14.7 Å². The minimum Gasteiger partial charge on any atom is -0.496 e. The van der Waals surface area contributed by atoms with Gasteiger partial charge in [0, 0.05) is 34.6 Å². The van der Waals surface area contributed by atoms with Crippen molar-refractivity contribution >= 4 is 11.5 Å². The Morgan fingerprint density at radius 2 is 2.14 bits per heavy atom. The van der Waals surface area contributed by atoms with Gasteiger partial charge in [0.05, 0.1) is 25.3 Å². The minimum absolute atomic E-state index is 0.000404. The summed E-state index contributed by atoms with van der Waals surface area (Å²) in [4.78, 5) is 16.9. The number of hydrogen-bond donors (Lipinski definition) is 1. The van der Waals surface area contributed by atoms with E-state index in [-0.39, 0.29) is 11.7 Å². The fourth-order valence-electron chi connectivity index (χ4n) is 3.74. The molecule has 0 saturated heterocycles. The van der Waals surface area contributed by atoms with Crippen molar-refractivity contribution in [1.29, 1.82) is 5.26 Å². The number of Topliss-reactive ketones (excluding diaryl/α,β-unsaturated/α-hetero) is 1. The molecule has 0 saturated carbocycles. The van der Waals surface area contributed by atoms with Crippen molar-refractivity contribution in [3.8, 4) is 17.7 Å². The van der Waals surface area contributed by atoms with Crippen LogP contribution in [0, 0.1) is 11.3 Å². The summed E-state index contributed by atoms with van der Waals surface area (Å²) < 4.78 is 11.3. The number of benzene rings is 1. The molecule has 2 aromatic rings. The number of rotatable bonds is 6. The van der Waals surface area contributed by atoms with Gasteiger partial charge in [0.2, 0.25) is 5.88 Å². The highest BCUT2D eigenvalue weighted by atomic mass is 16.5. The number of allylic oxidation sites excluding steroid dienone is 2. The summed E-state index contributed by atoms with van der Waals surface area (Å²) in [5, 5.41) is 12.5. The Hall–Kier alpha value is -3.33. The summed E-state index contributed by atoms with van der Waals surface area (Å²) in [5.74, 6) is 0.920. The van der Waals surface area contributed by atoms with Crippen LogP contribution in [0.2, 0.25) is 0 Å². The lowest BCUT2D eigenvalue weighted by molar-refractivity contribution is -0.113. The number of carbonyl (C=O) groups excluding carboxylic acids is 1. The SMILES string of the molecule is CCOc1nccc2c1C(Cc1ccc(C#N)cc1OC)C(C(C)=O)=C(C)N2. The van der Waals surface area contributed by atoms with Crippen molar-refractivity contribution in [2.75, 3.05) is 19.0 Å². The molecule has 0 fully saturated rings. The van der Waals surface area contributed by atoms with Gasteiger partial charge in [-0.2, -0.15) is 5.26 Å². The Kier molecular flexibility index (Phi) is 5.65. The van der Waals surface area contributed by atoms with Crippen LogP contribution >= 0.6 is 0 Å². The van der Waals surface area contributed by atoms with E-state index in [9.17, 15) is 4.79 Å². The maximum absolute atomic E-state index is 12.5. The quantitative estimate of drug-likeness (QED) is 0.820. The third kappa shape index (κ3) is 3.56. The zero-order valence-electron chi connectivity index (χ0n) is 16.5. The lowest BCUT2D eigenvalue weighted by atomic mass is 9.80. The summed E-state index contributed by atoms with van der Waals surface area (Å²) in [6, 6.07) is 9.37. The number of nitriles is 1. The molecule has 0 spiro atoms. The first-order valence-electron chi connectivity index (χ1n) is 9.17. The molecule has 1 aromatic heterocycles. The molecule has 3 rings (SSSR count). The van der Waals surface area contributed by atoms with Crippen LogP contribution in [0.4, 0.5) is 5.69 Å². The van der Waals surface area contributed by atoms with Crippen LogP contribution < -0.4 is 14.8 Å². The van der Waals surface area contributed by atoms with Crippen molar-refractivity contribution in [3.05, 3.63) is 58.4 Å². The van der Waals surface area contributed by atoms with Gasteiger partial charge in [0.15, 0.2) is 5.78 Å². The molecular weight excluding hydrogens is 354 g/mol. The second kappa shape index (κ2) is 8.13. The molecular formula is C22H23N3O3. The summed E-state index contributed by atoms with van der Waals surface area (Å²) >= 11 is 0. The standard InChI is InChI=1S/C22H23N3O3/c1-5-28-22-21-17(11-16-7-6-15(12-23)10-19(16)27-4)20(14(3)26)13(2)25-18(21)8-9-24-22/h6-10,17,25H,5,11H2,1-4H3. The van der Waals surface area contributed by atoms with Crippen LogP contribution in [0.1, 0.15) is 43.4 Å². The summed E-state index contributed by atoms with van der Waals surface area (Å²) in [5.41, 5.74) is 4.72. The number of aromatic nitrogens is 1. The van der Waals surface area contributed by atoms with Gasteiger partial charge in [-0.15, -0.1) is 0 Å². The van der Waals surface area contributed by atoms with Gasteiger partial charge in [-0.25, -0.2) is 4.98 Å². The molecule has 0 radical (unpaired) electrons. The topological polar surface area (TPSA) is 84.2 Å². The third-order valence-electron chi connectivity index (χ3n) is 4.88. The Bertz CT molecular complexity index is 989. The fourth-order valence-corrected chi connectivity index (χ4v) is 3.74. The average molecular weight is 377 g/mol. The number of methoxy groups -OCH3 is 1. The van der Waals surface area contributed by atoms with E-state index in [2.05, 4.69) is 16.4 Å². The largest absolute Gasteiger partial charge is 0.496 e. The van der Waals surface area contributed by atoms with Crippen LogP contribution in [0.15, 0.2) is 41.7 Å². The lowest BCUT2D eigenvalue weighted by Crippen LogP contribution is -2.23. The number of carbonyl (C=O) groups is 1. The van der Waals surface area contributed by atoms with Crippen molar-refractivity contribution in [2.45, 2.75) is 33.1 Å². The van der Waals surface area contributed by atoms with Crippen LogP contribution in [0.3, 0.4) is 0 Å². The number of nitrogens with zero attached hydrogens (tertiary/aromatic N) is 2. The smallest absolute Gasteiger partial charge is 0.219 e. The number of ketones is 1. The molecule has 1 unspecified atom stereocenters. The van der Waals surface area contributed by atoms with E-state index >= 15 is 0 Å². The maximum Gasteiger partial charge on any atom is 0.219 e. The Balaban J connectivity index is 2.15. The van der Waals surface area contributed by atoms with Crippen LogP contribution in [-0.4, -0.2) is 24.5 Å². The Morgan fingerprint density at radius 1 is 1.36 bits per heavy atom. The first-order chi connectivity index (χ1) is 13.5. The van der Waals surface area contributed by atoms with Crippen molar-refractivity contribution in [3.63, 3.8) is 0 Å². The average Bonchev–Trinajstić information content (AvgIpc) is 2.68. The predicted molar refractivity (Wildman–Crippen MR) is 107 cm³/mol. The number of anilines is 1. The van der Waals surface area contributed by atoms with Crippen LogP contribution in [-0.2, 0) is 11.2 Å². The van der Waals surface area contributed by atoms with Gasteiger partial charge in [0.1, 0.15) is 5.75 Å². The second-order valence-corrected chi connectivity index (χ2v) is 6.63. The Labute approximate surface area is 164 Å².